The van der Waals surface area contributed by atoms with E-state index in [-0.39, 0.29) is 11.3 Å². The number of nitrogens with zero attached hydrogens (tertiary/aromatic N) is 5. The van der Waals surface area contributed by atoms with Crippen molar-refractivity contribution in [1.82, 2.24) is 19.7 Å². The van der Waals surface area contributed by atoms with Crippen LogP contribution < -0.4 is 0 Å². The number of likely N-dealkylation sites (tertiary alicyclic amines) is 1. The summed E-state index contributed by atoms with van der Waals surface area (Å²) in [6.07, 6.45) is 5.08. The van der Waals surface area contributed by atoms with Crippen molar-refractivity contribution < 1.29 is 4.79 Å². The number of piperidine rings is 1. The van der Waals surface area contributed by atoms with E-state index in [2.05, 4.69) is 34.8 Å². The van der Waals surface area contributed by atoms with E-state index in [4.69, 9.17) is 0 Å². The van der Waals surface area contributed by atoms with Crippen molar-refractivity contribution in [2.75, 3.05) is 52.9 Å². The lowest BCUT2D eigenvalue weighted by Crippen LogP contribution is -2.51. The lowest BCUT2D eigenvalue weighted by Gasteiger charge is -2.44. The van der Waals surface area contributed by atoms with Crippen molar-refractivity contribution in [3.8, 4) is 6.07 Å². The molecule has 0 radical (unpaired) electrons. The average molecular weight is 341 g/mol. The van der Waals surface area contributed by atoms with Crippen molar-refractivity contribution >= 4 is 5.91 Å². The summed E-state index contributed by atoms with van der Waals surface area (Å²) >= 11 is 0. The Labute approximate surface area is 150 Å². The third kappa shape index (κ3) is 4.17. The minimum absolute atomic E-state index is 0.0636. The molecule has 0 aromatic carbocycles. The quantitative estimate of drug-likeness (QED) is 0.832. The van der Waals surface area contributed by atoms with E-state index < -0.39 is 0 Å². The molecule has 0 bridgehead atoms. The first kappa shape index (κ1) is 17.8. The molecular weight excluding hydrogens is 314 g/mol. The standard InChI is InChI=1S/C19H27N5O/c1-19(15-23-11-9-22(2)10-12-23)4-7-24(8-5-19)18(25)17-14-21-6-3-16(17)13-20/h3,6,14H,4-5,7-12,15H2,1-2H3. The smallest absolute Gasteiger partial charge is 0.256 e. The van der Waals surface area contributed by atoms with Gasteiger partial charge in [0.2, 0.25) is 0 Å². The summed E-state index contributed by atoms with van der Waals surface area (Å²) < 4.78 is 0. The van der Waals surface area contributed by atoms with Gasteiger partial charge in [-0.2, -0.15) is 5.26 Å². The molecule has 0 spiro atoms. The number of aromatic nitrogens is 1. The highest BCUT2D eigenvalue weighted by molar-refractivity contribution is 5.96. The molecule has 1 aromatic rings. The van der Waals surface area contributed by atoms with Crippen LogP contribution in [0.4, 0.5) is 0 Å². The summed E-state index contributed by atoms with van der Waals surface area (Å²) in [6, 6.07) is 3.70. The Kier molecular flexibility index (Phi) is 5.36. The molecule has 0 saturated carbocycles. The monoisotopic (exact) mass is 341 g/mol. The molecule has 6 nitrogen and oxygen atoms in total. The van der Waals surface area contributed by atoms with Crippen molar-refractivity contribution in [3.63, 3.8) is 0 Å². The highest BCUT2D eigenvalue weighted by Gasteiger charge is 2.34. The van der Waals surface area contributed by atoms with Gasteiger partial charge in [-0.15, -0.1) is 0 Å². The Morgan fingerprint density at radius 2 is 1.92 bits per heavy atom. The van der Waals surface area contributed by atoms with Crippen LogP contribution in [0.5, 0.6) is 0 Å². The molecule has 25 heavy (non-hydrogen) atoms. The van der Waals surface area contributed by atoms with Gasteiger partial charge in [0, 0.05) is 58.2 Å². The fraction of sp³-hybridized carbons (Fsp3) is 0.632. The minimum Gasteiger partial charge on any atom is -0.339 e. The third-order valence-corrected chi connectivity index (χ3v) is 5.63. The second-order valence-electron chi connectivity index (χ2n) is 7.72. The second kappa shape index (κ2) is 7.51. The zero-order valence-corrected chi connectivity index (χ0v) is 15.2. The van der Waals surface area contributed by atoms with Gasteiger partial charge in [-0.25, -0.2) is 0 Å². The molecule has 3 heterocycles. The summed E-state index contributed by atoms with van der Waals surface area (Å²) in [4.78, 5) is 23.6. The van der Waals surface area contributed by atoms with Crippen LogP contribution in [0.15, 0.2) is 18.5 Å². The highest BCUT2D eigenvalue weighted by Crippen LogP contribution is 2.32. The van der Waals surface area contributed by atoms with Crippen LogP contribution in [0.2, 0.25) is 0 Å². The number of hydrogen-bond acceptors (Lipinski definition) is 5. The number of amides is 1. The van der Waals surface area contributed by atoms with E-state index in [1.165, 1.54) is 6.20 Å². The lowest BCUT2D eigenvalue weighted by atomic mass is 9.79. The maximum atomic E-state index is 12.7. The van der Waals surface area contributed by atoms with E-state index in [1.807, 2.05) is 4.90 Å². The zero-order valence-electron chi connectivity index (χ0n) is 15.2. The van der Waals surface area contributed by atoms with E-state index in [1.54, 1.807) is 12.3 Å². The molecular formula is C19H27N5O. The van der Waals surface area contributed by atoms with Gasteiger partial charge in [-0.3, -0.25) is 9.78 Å². The van der Waals surface area contributed by atoms with Gasteiger partial charge in [-0.1, -0.05) is 6.92 Å². The van der Waals surface area contributed by atoms with Crippen LogP contribution in [0.3, 0.4) is 0 Å². The van der Waals surface area contributed by atoms with E-state index in [0.29, 0.717) is 11.1 Å². The normalized spacial score (nSPS) is 21.7. The molecule has 2 saturated heterocycles. The van der Waals surface area contributed by atoms with Crippen LogP contribution in [-0.4, -0.2) is 78.5 Å². The molecule has 0 unspecified atom stereocenters. The second-order valence-corrected chi connectivity index (χ2v) is 7.72. The molecule has 2 aliphatic heterocycles. The van der Waals surface area contributed by atoms with Crippen molar-refractivity contribution in [3.05, 3.63) is 29.6 Å². The third-order valence-electron chi connectivity index (χ3n) is 5.63. The molecule has 2 fully saturated rings. The van der Waals surface area contributed by atoms with E-state index in [9.17, 15) is 10.1 Å². The first-order chi connectivity index (χ1) is 12.0. The SMILES string of the molecule is CN1CCN(CC2(C)CCN(C(=O)c3cnccc3C#N)CC2)CC1. The molecule has 1 amide bonds. The number of pyridine rings is 1. The fourth-order valence-electron chi connectivity index (χ4n) is 3.79. The molecule has 0 atom stereocenters. The molecule has 1 aromatic heterocycles. The van der Waals surface area contributed by atoms with Crippen molar-refractivity contribution in [2.24, 2.45) is 5.41 Å². The number of likely N-dealkylation sites (N-methyl/N-ethyl adjacent to an activating group) is 1. The zero-order chi connectivity index (χ0) is 17.9. The topological polar surface area (TPSA) is 63.5 Å². The molecule has 3 rings (SSSR count). The molecule has 134 valence electrons. The Morgan fingerprint density at radius 3 is 2.56 bits per heavy atom. The van der Waals surface area contributed by atoms with Crippen molar-refractivity contribution in [2.45, 2.75) is 19.8 Å². The Bertz CT molecular complexity index is 652. The van der Waals surface area contributed by atoms with Gasteiger partial charge in [-0.05, 0) is 31.4 Å². The molecule has 0 aliphatic carbocycles. The largest absolute Gasteiger partial charge is 0.339 e. The number of piperazine rings is 1. The van der Waals surface area contributed by atoms with Gasteiger partial charge >= 0.3 is 0 Å². The maximum Gasteiger partial charge on any atom is 0.256 e. The van der Waals surface area contributed by atoms with Gasteiger partial charge in [0.15, 0.2) is 0 Å². The molecule has 6 heteroatoms. The first-order valence-corrected chi connectivity index (χ1v) is 9.05. The lowest BCUT2D eigenvalue weighted by molar-refractivity contribution is 0.0432. The highest BCUT2D eigenvalue weighted by atomic mass is 16.2. The Morgan fingerprint density at radius 1 is 1.24 bits per heavy atom. The van der Waals surface area contributed by atoms with E-state index >= 15 is 0 Å². The summed E-state index contributed by atoms with van der Waals surface area (Å²) in [5.41, 5.74) is 1.10. The molecule has 2 aliphatic rings. The summed E-state index contributed by atoms with van der Waals surface area (Å²) in [5, 5.41) is 9.19. The summed E-state index contributed by atoms with van der Waals surface area (Å²) in [6.45, 7) is 9.51. The number of rotatable bonds is 3. The number of carbonyl (C=O) groups excluding carboxylic acids is 1. The number of hydrogen-bond donors (Lipinski definition) is 0. The van der Waals surface area contributed by atoms with Gasteiger partial charge < -0.3 is 14.7 Å². The summed E-state index contributed by atoms with van der Waals surface area (Å²) in [5.74, 6) is -0.0636. The van der Waals surface area contributed by atoms with Crippen LogP contribution >= 0.6 is 0 Å². The van der Waals surface area contributed by atoms with Crippen LogP contribution in [-0.2, 0) is 0 Å². The number of carbonyl (C=O) groups is 1. The molecule has 0 N–H and O–H groups in total. The minimum atomic E-state index is -0.0636. The Hall–Kier alpha value is -1.97. The van der Waals surface area contributed by atoms with Crippen molar-refractivity contribution in [1.29, 1.82) is 5.26 Å². The predicted molar refractivity (Wildman–Crippen MR) is 96.1 cm³/mol. The maximum absolute atomic E-state index is 12.7. The fourth-order valence-corrected chi connectivity index (χ4v) is 3.79. The number of nitriles is 1. The van der Waals surface area contributed by atoms with E-state index in [0.717, 1.165) is 58.7 Å². The van der Waals surface area contributed by atoms with Gasteiger partial charge in [0.1, 0.15) is 6.07 Å². The van der Waals surface area contributed by atoms with Gasteiger partial charge in [0.25, 0.3) is 5.91 Å². The Balaban J connectivity index is 1.58. The first-order valence-electron chi connectivity index (χ1n) is 9.05. The predicted octanol–water partition coefficient (Wildman–Crippen LogP) is 1.44. The van der Waals surface area contributed by atoms with Crippen LogP contribution in [0, 0.1) is 16.7 Å². The summed E-state index contributed by atoms with van der Waals surface area (Å²) in [7, 11) is 2.18. The van der Waals surface area contributed by atoms with Crippen LogP contribution in [0.25, 0.3) is 0 Å². The van der Waals surface area contributed by atoms with Gasteiger partial charge in [0.05, 0.1) is 11.1 Å². The van der Waals surface area contributed by atoms with Crippen LogP contribution in [0.1, 0.15) is 35.7 Å². The average Bonchev–Trinajstić information content (AvgIpc) is 2.63.